The summed E-state index contributed by atoms with van der Waals surface area (Å²) in [5.41, 5.74) is 6.75. The Morgan fingerprint density at radius 1 is 0.798 bits per heavy atom. The number of nitriles is 1. The van der Waals surface area contributed by atoms with Gasteiger partial charge in [-0.2, -0.15) is 5.26 Å². The SMILES string of the molecule is COc1cc(Nc2c(C#N)cnc3cc(OCCCN4CCN(CCCCCCOCCOCCOCCCCCC(=O)N[C@H](CN5C[C@H](O)C[C@H]5C(=O)NCc5ccc(-c6scnc6C)cc5)C(C)(C)C)CC4)c(OC)cc23)c(Cl)cc1Cl. The van der Waals surface area contributed by atoms with Gasteiger partial charge in [0.1, 0.15) is 11.8 Å². The van der Waals surface area contributed by atoms with Gasteiger partial charge in [-0.25, -0.2) is 4.98 Å². The van der Waals surface area contributed by atoms with Crippen LogP contribution in [0.3, 0.4) is 0 Å². The number of thiazole rings is 1. The summed E-state index contributed by atoms with van der Waals surface area (Å²) in [4.78, 5) is 43.7. The molecule has 21 heteroatoms. The standard InChI is InChI=1S/C63H87Cl2N9O9S/c1-44-61(84-43-69-44)46-18-16-45(17-19-46)39-68-62(77)54-33-48(75)41-74(54)42-58(63(2,3)4)71-59(76)15-10-9-13-27-81-30-32-82-31-29-80-26-12-8-7-11-20-72-22-24-73(25-23-72)21-14-28-83-57-36-52-49(34-56(57)79-6)60(47(38-66)40-67-52)70-53-37-55(78-5)51(65)35-50(53)64/h16-19,34-37,40,43,48,54,58,75H,7-15,20-33,39,41-42H2,1-6H3,(H,67,70)(H,68,77)(H,71,76)/t48-,54+,58-/m1/s1. The molecule has 0 saturated carbocycles. The van der Waals surface area contributed by atoms with Crippen molar-refractivity contribution in [3.05, 3.63) is 87.1 Å². The zero-order chi connectivity index (χ0) is 59.8. The number of aryl methyl sites for hydroxylation is 1. The third-order valence-corrected chi connectivity index (χ3v) is 17.1. The largest absolute Gasteiger partial charge is 0.495 e. The zero-order valence-electron chi connectivity index (χ0n) is 50.0. The van der Waals surface area contributed by atoms with E-state index in [1.165, 1.54) is 26.1 Å². The Kier molecular flexibility index (Phi) is 26.9. The molecule has 2 amide bonds. The van der Waals surface area contributed by atoms with Crippen molar-refractivity contribution in [1.29, 1.82) is 5.26 Å². The second kappa shape index (κ2) is 34.1. The number of carbonyl (C=O) groups excluding carboxylic acids is 2. The van der Waals surface area contributed by atoms with Gasteiger partial charge in [-0.15, -0.1) is 11.3 Å². The Hall–Kier alpha value is -5.37. The molecule has 4 N–H and O–H groups in total. The molecule has 0 aliphatic carbocycles. The lowest BCUT2D eigenvalue weighted by Crippen LogP contribution is -2.53. The number of halogens is 2. The zero-order valence-corrected chi connectivity index (χ0v) is 52.3. The molecule has 2 aliphatic rings. The molecule has 7 rings (SSSR count). The molecule has 0 unspecified atom stereocenters. The summed E-state index contributed by atoms with van der Waals surface area (Å²) in [5.74, 6) is 1.46. The summed E-state index contributed by atoms with van der Waals surface area (Å²) in [6, 6.07) is 16.7. The van der Waals surface area contributed by atoms with Crippen molar-refractivity contribution in [3.8, 4) is 33.8 Å². The van der Waals surface area contributed by atoms with Gasteiger partial charge in [0.2, 0.25) is 11.8 Å². The van der Waals surface area contributed by atoms with Crippen LogP contribution in [0.1, 0.15) is 102 Å². The number of unbranched alkanes of at least 4 members (excludes halogenated alkanes) is 5. The molecule has 458 valence electrons. The first-order chi connectivity index (χ1) is 40.6. The maximum atomic E-state index is 13.5. The lowest BCUT2D eigenvalue weighted by atomic mass is 9.86. The summed E-state index contributed by atoms with van der Waals surface area (Å²) >= 11 is 14.4. The van der Waals surface area contributed by atoms with E-state index in [4.69, 9.17) is 51.6 Å². The minimum Gasteiger partial charge on any atom is -0.495 e. The number of methoxy groups -OCH3 is 2. The highest BCUT2D eigenvalue weighted by Crippen LogP contribution is 2.41. The molecule has 2 fully saturated rings. The molecular formula is C63H87Cl2N9O9S. The van der Waals surface area contributed by atoms with E-state index in [0.29, 0.717) is 127 Å². The second-order valence-corrected chi connectivity index (χ2v) is 24.4. The van der Waals surface area contributed by atoms with Gasteiger partial charge in [-0.1, -0.05) is 87.5 Å². The molecule has 18 nitrogen and oxygen atoms in total. The maximum absolute atomic E-state index is 13.5. The average Bonchev–Trinajstić information content (AvgIpc) is 4.23. The van der Waals surface area contributed by atoms with Crippen LogP contribution in [0, 0.1) is 23.7 Å². The minimum absolute atomic E-state index is 0.00245. The van der Waals surface area contributed by atoms with Crippen molar-refractivity contribution in [2.75, 3.05) is 118 Å². The third-order valence-electron chi connectivity index (χ3n) is 15.5. The molecule has 84 heavy (non-hydrogen) atoms. The van der Waals surface area contributed by atoms with Gasteiger partial charge in [0, 0.05) is 102 Å². The van der Waals surface area contributed by atoms with Gasteiger partial charge in [-0.05, 0) is 80.7 Å². The number of carbonyl (C=O) groups is 2. The normalized spacial score (nSPS) is 16.4. The number of aromatic nitrogens is 2. The predicted molar refractivity (Wildman–Crippen MR) is 333 cm³/mol. The van der Waals surface area contributed by atoms with Crippen LogP contribution in [0.2, 0.25) is 10.0 Å². The number of nitrogens with zero attached hydrogens (tertiary/aromatic N) is 6. The monoisotopic (exact) mass is 1220 g/mol. The van der Waals surface area contributed by atoms with Gasteiger partial charge in [0.05, 0.1) is 108 Å². The van der Waals surface area contributed by atoms with E-state index < -0.39 is 12.1 Å². The quantitative estimate of drug-likeness (QED) is 0.0279. The number of rotatable bonds is 35. The predicted octanol–water partition coefficient (Wildman–Crippen LogP) is 10.4. The fourth-order valence-electron chi connectivity index (χ4n) is 10.5. The Labute approximate surface area is 510 Å². The number of nitrogens with one attached hydrogen (secondary N) is 3. The van der Waals surface area contributed by atoms with E-state index in [0.717, 1.165) is 106 Å². The number of benzene rings is 3. The molecule has 0 bridgehead atoms. The van der Waals surface area contributed by atoms with Crippen LogP contribution in [0.15, 0.2) is 60.2 Å². The summed E-state index contributed by atoms with van der Waals surface area (Å²) in [5, 5.41) is 31.6. The van der Waals surface area contributed by atoms with Gasteiger partial charge in [-0.3, -0.25) is 19.5 Å². The third kappa shape index (κ3) is 20.4. The molecule has 5 aromatic rings. The van der Waals surface area contributed by atoms with E-state index >= 15 is 0 Å². The number of hydrogen-bond acceptors (Lipinski definition) is 17. The van der Waals surface area contributed by atoms with Gasteiger partial charge in [0.25, 0.3) is 0 Å². The maximum Gasteiger partial charge on any atom is 0.237 e. The Morgan fingerprint density at radius 2 is 1.45 bits per heavy atom. The number of aliphatic hydroxyl groups is 1. The number of fused-ring (bicyclic) bond motifs is 1. The fraction of sp³-hybridized carbons (Fsp3) is 0.571. The summed E-state index contributed by atoms with van der Waals surface area (Å²) in [7, 11) is 3.12. The highest BCUT2D eigenvalue weighted by atomic mass is 35.5. The van der Waals surface area contributed by atoms with E-state index in [1.807, 2.05) is 41.6 Å². The Balaban J connectivity index is 0.653. The highest BCUT2D eigenvalue weighted by molar-refractivity contribution is 7.13. The van der Waals surface area contributed by atoms with Crippen molar-refractivity contribution in [2.24, 2.45) is 5.41 Å². The molecule has 3 atom stereocenters. The second-order valence-electron chi connectivity index (χ2n) is 22.7. The molecule has 2 aromatic heterocycles. The molecule has 0 radical (unpaired) electrons. The number of pyridine rings is 1. The van der Waals surface area contributed by atoms with Crippen LogP contribution < -0.4 is 30.2 Å². The lowest BCUT2D eigenvalue weighted by Gasteiger charge is -2.36. The highest BCUT2D eigenvalue weighted by Gasteiger charge is 2.39. The van der Waals surface area contributed by atoms with Crippen molar-refractivity contribution in [1.82, 2.24) is 35.3 Å². The first kappa shape index (κ1) is 66.2. The number of amides is 2. The van der Waals surface area contributed by atoms with Crippen LogP contribution in [0.5, 0.6) is 17.2 Å². The van der Waals surface area contributed by atoms with E-state index in [2.05, 4.69) is 74.7 Å². The number of hydrogen-bond donors (Lipinski definition) is 4. The minimum atomic E-state index is -0.603. The van der Waals surface area contributed by atoms with E-state index in [-0.39, 0.29) is 23.3 Å². The van der Waals surface area contributed by atoms with Crippen LogP contribution in [-0.2, 0) is 30.3 Å². The average molecular weight is 1220 g/mol. The van der Waals surface area contributed by atoms with Crippen LogP contribution >= 0.6 is 34.5 Å². The summed E-state index contributed by atoms with van der Waals surface area (Å²) < 4.78 is 34.7. The van der Waals surface area contributed by atoms with Crippen molar-refractivity contribution < 1.29 is 43.1 Å². The molecule has 4 heterocycles. The molecule has 2 aliphatic heterocycles. The lowest BCUT2D eigenvalue weighted by molar-refractivity contribution is -0.126. The summed E-state index contributed by atoms with van der Waals surface area (Å²) in [6.07, 6.45) is 9.67. The molecular weight excluding hydrogens is 1130 g/mol. The fourth-order valence-corrected chi connectivity index (χ4v) is 11.8. The van der Waals surface area contributed by atoms with Crippen LogP contribution in [0.4, 0.5) is 11.4 Å². The van der Waals surface area contributed by atoms with Crippen molar-refractivity contribution in [3.63, 3.8) is 0 Å². The first-order valence-corrected chi connectivity index (χ1v) is 31.3. The molecule has 0 spiro atoms. The first-order valence-electron chi connectivity index (χ1n) is 29.6. The number of likely N-dealkylation sites (tertiary alicyclic amines) is 1. The van der Waals surface area contributed by atoms with Crippen molar-refractivity contribution in [2.45, 2.75) is 117 Å². The number of piperazine rings is 1. The van der Waals surface area contributed by atoms with Gasteiger partial charge < -0.3 is 59.3 Å². The Bertz CT molecular complexity index is 2900. The van der Waals surface area contributed by atoms with Crippen LogP contribution in [0.25, 0.3) is 21.3 Å². The summed E-state index contributed by atoms with van der Waals surface area (Å²) in [6.45, 7) is 19.9. The van der Waals surface area contributed by atoms with Gasteiger partial charge in [0.15, 0.2) is 11.5 Å². The van der Waals surface area contributed by atoms with E-state index in [9.17, 15) is 20.0 Å². The topological polar surface area (TPSA) is 205 Å². The van der Waals surface area contributed by atoms with Gasteiger partial charge >= 0.3 is 0 Å². The number of aliphatic hydroxyl groups excluding tert-OH is 1. The number of ether oxygens (including phenoxy) is 6. The van der Waals surface area contributed by atoms with Crippen LogP contribution in [-0.4, -0.2) is 173 Å². The molecule has 2 saturated heterocycles. The molecule has 3 aromatic carbocycles. The number of β-amino-alcohol motifs (C(OH)–C–C–N with tert-alkyl or cyclic N) is 1. The van der Waals surface area contributed by atoms with Crippen molar-refractivity contribution >= 4 is 68.6 Å². The van der Waals surface area contributed by atoms with E-state index in [1.54, 1.807) is 30.6 Å². The smallest absolute Gasteiger partial charge is 0.237 e. The Morgan fingerprint density at radius 3 is 2.10 bits per heavy atom. The number of anilines is 2.